The Kier molecular flexibility index (Phi) is 3.81. The van der Waals surface area contributed by atoms with Crippen LogP contribution in [-0.4, -0.2) is 65.2 Å². The normalized spacial score (nSPS) is 26.8. The molecule has 0 unspecified atom stereocenters. The van der Waals surface area contributed by atoms with Crippen LogP contribution in [0.3, 0.4) is 0 Å². The first-order chi connectivity index (χ1) is 9.69. The molecule has 5 nitrogen and oxygen atoms in total. The molecule has 110 valence electrons. The number of aromatic nitrogens is 1. The largest absolute Gasteiger partial charge is 0.377 e. The maximum Gasteiger partial charge on any atom is 0.270 e. The maximum absolute atomic E-state index is 12.5. The van der Waals surface area contributed by atoms with Gasteiger partial charge < -0.3 is 14.2 Å². The van der Waals surface area contributed by atoms with Gasteiger partial charge in [-0.15, -0.1) is 0 Å². The summed E-state index contributed by atoms with van der Waals surface area (Å²) in [6.07, 6.45) is 3.31. The number of carbonyl (C=O) groups excluding carboxylic acids is 1. The molecule has 1 aromatic heterocycles. The van der Waals surface area contributed by atoms with Crippen molar-refractivity contribution >= 4 is 5.91 Å². The number of amides is 1. The van der Waals surface area contributed by atoms with Gasteiger partial charge in [-0.2, -0.15) is 0 Å². The van der Waals surface area contributed by atoms with Crippen LogP contribution < -0.4 is 0 Å². The third-order valence-electron chi connectivity index (χ3n) is 4.43. The highest BCUT2D eigenvalue weighted by Crippen LogP contribution is 2.24. The molecule has 5 heteroatoms. The number of ether oxygens (including phenoxy) is 1. The Morgan fingerprint density at radius 3 is 2.95 bits per heavy atom. The average molecular weight is 277 g/mol. The second kappa shape index (κ2) is 5.58. The quantitative estimate of drug-likeness (QED) is 0.826. The Labute approximate surface area is 120 Å². The van der Waals surface area contributed by atoms with E-state index in [1.165, 1.54) is 0 Å². The van der Waals surface area contributed by atoms with Gasteiger partial charge >= 0.3 is 0 Å². The van der Waals surface area contributed by atoms with Crippen molar-refractivity contribution in [3.8, 4) is 0 Å². The van der Waals surface area contributed by atoms with E-state index < -0.39 is 0 Å². The van der Waals surface area contributed by atoms with Crippen LogP contribution in [-0.2, 0) is 11.8 Å². The molecule has 20 heavy (non-hydrogen) atoms. The molecule has 0 aromatic carbocycles. The zero-order valence-corrected chi connectivity index (χ0v) is 12.3. The van der Waals surface area contributed by atoms with Crippen LogP contribution in [0.15, 0.2) is 18.3 Å². The average Bonchev–Trinajstić information content (AvgIpc) is 3.03. The molecular formula is C15H23N3O2. The number of nitrogens with zero attached hydrogens (tertiary/aromatic N) is 3. The number of piperazine rings is 1. The number of carbonyl (C=O) groups is 1. The molecule has 2 fully saturated rings. The molecule has 2 atom stereocenters. The summed E-state index contributed by atoms with van der Waals surface area (Å²) in [6.45, 7) is 6.45. The van der Waals surface area contributed by atoms with Gasteiger partial charge in [0.05, 0.1) is 6.10 Å². The number of hydrogen-bond acceptors (Lipinski definition) is 3. The fourth-order valence-corrected chi connectivity index (χ4v) is 3.38. The van der Waals surface area contributed by atoms with E-state index in [2.05, 4.69) is 4.90 Å². The molecule has 1 amide bonds. The lowest BCUT2D eigenvalue weighted by Gasteiger charge is -2.37. The second-order valence-corrected chi connectivity index (χ2v) is 5.72. The lowest BCUT2D eigenvalue weighted by Crippen LogP contribution is -2.52. The van der Waals surface area contributed by atoms with Crippen LogP contribution in [0.5, 0.6) is 0 Å². The van der Waals surface area contributed by atoms with E-state index in [0.717, 1.165) is 44.9 Å². The minimum Gasteiger partial charge on any atom is -0.377 e. The summed E-state index contributed by atoms with van der Waals surface area (Å²) >= 11 is 0. The van der Waals surface area contributed by atoms with Gasteiger partial charge in [-0.3, -0.25) is 9.69 Å². The van der Waals surface area contributed by atoms with Gasteiger partial charge in [0.25, 0.3) is 5.91 Å². The van der Waals surface area contributed by atoms with Crippen molar-refractivity contribution in [1.29, 1.82) is 0 Å². The van der Waals surface area contributed by atoms with E-state index in [0.29, 0.717) is 12.1 Å². The second-order valence-electron chi connectivity index (χ2n) is 5.72. The van der Waals surface area contributed by atoms with Crippen molar-refractivity contribution in [2.24, 2.45) is 7.05 Å². The Morgan fingerprint density at radius 2 is 2.25 bits per heavy atom. The minimum atomic E-state index is 0.150. The van der Waals surface area contributed by atoms with E-state index in [-0.39, 0.29) is 5.91 Å². The third-order valence-corrected chi connectivity index (χ3v) is 4.43. The zero-order valence-electron chi connectivity index (χ0n) is 12.3. The van der Waals surface area contributed by atoms with E-state index in [9.17, 15) is 4.79 Å². The summed E-state index contributed by atoms with van der Waals surface area (Å²) < 4.78 is 7.63. The maximum atomic E-state index is 12.5. The fraction of sp³-hybridized carbons (Fsp3) is 0.667. The summed E-state index contributed by atoms with van der Waals surface area (Å²) in [6, 6.07) is 4.28. The number of hydrogen-bond donors (Lipinski definition) is 0. The van der Waals surface area contributed by atoms with E-state index in [1.807, 2.05) is 41.8 Å². The lowest BCUT2D eigenvalue weighted by atomic mass is 10.1. The standard InChI is InChI=1S/C15H23N3O2/c1-3-20-13-9-12-10-18(8-7-17(12)11-13)15(19)14-5-4-6-16(14)2/h4-6,12-13H,3,7-11H2,1-2H3/t12-,13+/m0/s1. The SMILES string of the molecule is CCO[C@@H]1C[C@H]2CN(C(=O)c3cccn3C)CCN2C1. The summed E-state index contributed by atoms with van der Waals surface area (Å²) in [5.41, 5.74) is 0.776. The van der Waals surface area contributed by atoms with Gasteiger partial charge in [0.2, 0.25) is 0 Å². The predicted molar refractivity (Wildman–Crippen MR) is 76.7 cm³/mol. The zero-order chi connectivity index (χ0) is 14.1. The molecule has 3 heterocycles. The summed E-state index contributed by atoms with van der Waals surface area (Å²) in [7, 11) is 1.92. The first kappa shape index (κ1) is 13.6. The third kappa shape index (κ3) is 2.47. The highest BCUT2D eigenvalue weighted by atomic mass is 16.5. The molecule has 3 rings (SSSR count). The van der Waals surface area contributed by atoms with Crippen LogP contribution in [0.4, 0.5) is 0 Å². The molecule has 0 aliphatic carbocycles. The van der Waals surface area contributed by atoms with Gasteiger partial charge in [-0.25, -0.2) is 0 Å². The molecule has 2 saturated heterocycles. The van der Waals surface area contributed by atoms with Gasteiger partial charge in [-0.05, 0) is 25.5 Å². The predicted octanol–water partition coefficient (Wildman–Crippen LogP) is 0.960. The fourth-order valence-electron chi connectivity index (χ4n) is 3.38. The molecule has 0 saturated carbocycles. The van der Waals surface area contributed by atoms with Gasteiger partial charge in [0.15, 0.2) is 0 Å². The molecule has 0 N–H and O–H groups in total. The van der Waals surface area contributed by atoms with Crippen molar-refractivity contribution in [2.45, 2.75) is 25.5 Å². The topological polar surface area (TPSA) is 37.7 Å². The summed E-state index contributed by atoms with van der Waals surface area (Å²) in [5.74, 6) is 0.150. The van der Waals surface area contributed by atoms with Gasteiger partial charge in [0.1, 0.15) is 5.69 Å². The minimum absolute atomic E-state index is 0.150. The molecular weight excluding hydrogens is 254 g/mol. The van der Waals surface area contributed by atoms with Crippen molar-refractivity contribution in [2.75, 3.05) is 32.8 Å². The van der Waals surface area contributed by atoms with Crippen molar-refractivity contribution in [1.82, 2.24) is 14.4 Å². The van der Waals surface area contributed by atoms with E-state index >= 15 is 0 Å². The number of rotatable bonds is 3. The van der Waals surface area contributed by atoms with E-state index in [4.69, 9.17) is 4.74 Å². The Bertz CT molecular complexity index is 485. The van der Waals surface area contributed by atoms with E-state index in [1.54, 1.807) is 0 Å². The van der Waals surface area contributed by atoms with Crippen molar-refractivity contribution in [3.63, 3.8) is 0 Å². The highest BCUT2D eigenvalue weighted by molar-refractivity contribution is 5.92. The number of fused-ring (bicyclic) bond motifs is 1. The molecule has 0 bridgehead atoms. The van der Waals surface area contributed by atoms with Crippen molar-refractivity contribution in [3.05, 3.63) is 24.0 Å². The Hall–Kier alpha value is -1.33. The monoisotopic (exact) mass is 277 g/mol. The molecule has 2 aliphatic rings. The number of aryl methyl sites for hydroxylation is 1. The molecule has 1 aromatic rings. The lowest BCUT2D eigenvalue weighted by molar-refractivity contribution is 0.0545. The summed E-state index contributed by atoms with van der Waals surface area (Å²) in [5, 5.41) is 0. The van der Waals surface area contributed by atoms with Crippen LogP contribution in [0.1, 0.15) is 23.8 Å². The highest BCUT2D eigenvalue weighted by Gasteiger charge is 2.38. The van der Waals surface area contributed by atoms with Crippen molar-refractivity contribution < 1.29 is 9.53 Å². The summed E-state index contributed by atoms with van der Waals surface area (Å²) in [4.78, 5) is 17.0. The Balaban J connectivity index is 1.64. The molecule has 0 radical (unpaired) electrons. The first-order valence-electron chi connectivity index (χ1n) is 7.45. The smallest absolute Gasteiger partial charge is 0.270 e. The van der Waals surface area contributed by atoms with Crippen LogP contribution in [0.25, 0.3) is 0 Å². The van der Waals surface area contributed by atoms with Crippen LogP contribution >= 0.6 is 0 Å². The van der Waals surface area contributed by atoms with Crippen LogP contribution in [0.2, 0.25) is 0 Å². The molecule has 2 aliphatic heterocycles. The Morgan fingerprint density at radius 1 is 1.40 bits per heavy atom. The first-order valence-corrected chi connectivity index (χ1v) is 7.45. The van der Waals surface area contributed by atoms with Gasteiger partial charge in [0, 0.05) is 52.1 Å². The van der Waals surface area contributed by atoms with Crippen LogP contribution in [0, 0.1) is 0 Å². The van der Waals surface area contributed by atoms with Gasteiger partial charge in [-0.1, -0.05) is 0 Å². The molecule has 0 spiro atoms.